The fourth-order valence-corrected chi connectivity index (χ4v) is 2.85. The van der Waals surface area contributed by atoms with E-state index in [0.717, 1.165) is 18.7 Å². The highest BCUT2D eigenvalue weighted by atomic mass is 19.1. The summed E-state index contributed by atoms with van der Waals surface area (Å²) < 4.78 is 18.4. The lowest BCUT2D eigenvalue weighted by Crippen LogP contribution is -2.37. The summed E-state index contributed by atoms with van der Waals surface area (Å²) >= 11 is 0. The third kappa shape index (κ3) is 3.93. The second-order valence-corrected chi connectivity index (χ2v) is 5.79. The predicted molar refractivity (Wildman–Crippen MR) is 79.6 cm³/mol. The van der Waals surface area contributed by atoms with Crippen LogP contribution in [-0.2, 0) is 0 Å². The maximum absolute atomic E-state index is 13.4. The molecule has 2 atom stereocenters. The first-order chi connectivity index (χ1) is 9.60. The molecule has 2 unspecified atom stereocenters. The van der Waals surface area contributed by atoms with Crippen LogP contribution in [0.25, 0.3) is 0 Å². The van der Waals surface area contributed by atoms with Gasteiger partial charge >= 0.3 is 0 Å². The van der Waals surface area contributed by atoms with E-state index < -0.39 is 0 Å². The van der Waals surface area contributed by atoms with Crippen LogP contribution in [0, 0.1) is 11.7 Å². The van der Waals surface area contributed by atoms with Gasteiger partial charge in [-0.1, -0.05) is 6.07 Å². The van der Waals surface area contributed by atoms with E-state index in [9.17, 15) is 4.39 Å². The third-order valence-electron chi connectivity index (χ3n) is 4.11. The molecule has 3 nitrogen and oxygen atoms in total. The molecule has 1 aliphatic heterocycles. The molecule has 1 aliphatic rings. The minimum absolute atomic E-state index is 0.205. The Kier molecular flexibility index (Phi) is 5.38. The molecule has 0 radical (unpaired) electrons. The normalized spacial score (nSPS) is 21.7. The summed E-state index contributed by atoms with van der Waals surface area (Å²) in [5.41, 5.74) is 1.06. The molecule has 2 rings (SSSR count). The highest BCUT2D eigenvalue weighted by Gasteiger charge is 2.18. The molecule has 112 valence electrons. The zero-order valence-corrected chi connectivity index (χ0v) is 12.7. The number of hydrogen-bond acceptors (Lipinski definition) is 3. The standard InChI is InChI=1S/C16H25FN2O/c1-12(14-6-7-15(17)16(9-14)20-3)18-10-13-5-4-8-19(2)11-13/h6-7,9,12-13,18H,4-5,8,10-11H2,1-3H3. The summed E-state index contributed by atoms with van der Waals surface area (Å²) in [6.45, 7) is 5.48. The Morgan fingerprint density at radius 1 is 1.50 bits per heavy atom. The quantitative estimate of drug-likeness (QED) is 0.897. The average molecular weight is 280 g/mol. The summed E-state index contributed by atoms with van der Waals surface area (Å²) in [7, 11) is 3.68. The molecule has 0 saturated carbocycles. The van der Waals surface area contributed by atoms with Gasteiger partial charge < -0.3 is 15.0 Å². The van der Waals surface area contributed by atoms with E-state index in [2.05, 4.69) is 24.2 Å². The van der Waals surface area contributed by atoms with Gasteiger partial charge in [0.25, 0.3) is 0 Å². The Balaban J connectivity index is 1.89. The van der Waals surface area contributed by atoms with Crippen molar-refractivity contribution < 1.29 is 9.13 Å². The summed E-state index contributed by atoms with van der Waals surface area (Å²) in [5.74, 6) is 0.712. The van der Waals surface area contributed by atoms with E-state index in [-0.39, 0.29) is 11.9 Å². The van der Waals surface area contributed by atoms with E-state index in [1.165, 1.54) is 32.6 Å². The molecule has 4 heteroatoms. The van der Waals surface area contributed by atoms with Crippen molar-refractivity contribution in [3.8, 4) is 5.75 Å². The van der Waals surface area contributed by atoms with Gasteiger partial charge in [0.15, 0.2) is 11.6 Å². The number of methoxy groups -OCH3 is 1. The van der Waals surface area contributed by atoms with Crippen molar-refractivity contribution in [3.05, 3.63) is 29.6 Å². The van der Waals surface area contributed by atoms with Gasteiger partial charge in [-0.15, -0.1) is 0 Å². The van der Waals surface area contributed by atoms with Crippen molar-refractivity contribution in [2.45, 2.75) is 25.8 Å². The highest BCUT2D eigenvalue weighted by molar-refractivity contribution is 5.31. The first-order valence-corrected chi connectivity index (χ1v) is 7.35. The highest BCUT2D eigenvalue weighted by Crippen LogP contribution is 2.23. The molecule has 1 saturated heterocycles. The maximum atomic E-state index is 13.4. The summed E-state index contributed by atoms with van der Waals surface area (Å²) in [6.07, 6.45) is 2.57. The Hall–Kier alpha value is -1.13. The van der Waals surface area contributed by atoms with Crippen LogP contribution < -0.4 is 10.1 Å². The molecule has 20 heavy (non-hydrogen) atoms. The van der Waals surface area contributed by atoms with Crippen molar-refractivity contribution in [2.24, 2.45) is 5.92 Å². The maximum Gasteiger partial charge on any atom is 0.165 e. The molecule has 1 heterocycles. The molecule has 1 fully saturated rings. The number of halogens is 1. The van der Waals surface area contributed by atoms with Gasteiger partial charge in [-0.3, -0.25) is 0 Å². The van der Waals surface area contributed by atoms with Crippen LogP contribution in [0.5, 0.6) is 5.75 Å². The van der Waals surface area contributed by atoms with Crippen LogP contribution in [0.3, 0.4) is 0 Å². The summed E-state index contributed by atoms with van der Waals surface area (Å²) in [5, 5.41) is 3.56. The predicted octanol–water partition coefficient (Wildman–Crippen LogP) is 2.83. The molecule has 1 N–H and O–H groups in total. The Morgan fingerprint density at radius 3 is 3.00 bits per heavy atom. The second-order valence-electron chi connectivity index (χ2n) is 5.79. The molecule has 1 aromatic carbocycles. The topological polar surface area (TPSA) is 24.5 Å². The van der Waals surface area contributed by atoms with Crippen LogP contribution >= 0.6 is 0 Å². The second kappa shape index (κ2) is 7.04. The first kappa shape index (κ1) is 15.3. The molecule has 0 aliphatic carbocycles. The van der Waals surface area contributed by atoms with Gasteiger partial charge in [-0.05, 0) is 63.5 Å². The van der Waals surface area contributed by atoms with Crippen molar-refractivity contribution in [1.29, 1.82) is 0 Å². The lowest BCUT2D eigenvalue weighted by Gasteiger charge is -2.30. The average Bonchev–Trinajstić information content (AvgIpc) is 2.45. The van der Waals surface area contributed by atoms with Crippen LogP contribution in [0.4, 0.5) is 4.39 Å². The van der Waals surface area contributed by atoms with Crippen LogP contribution in [-0.4, -0.2) is 38.7 Å². The van der Waals surface area contributed by atoms with Crippen molar-refractivity contribution >= 4 is 0 Å². The number of rotatable bonds is 5. The third-order valence-corrected chi connectivity index (χ3v) is 4.11. The fourth-order valence-electron chi connectivity index (χ4n) is 2.85. The van der Waals surface area contributed by atoms with Crippen molar-refractivity contribution in [3.63, 3.8) is 0 Å². The van der Waals surface area contributed by atoms with Gasteiger partial charge in [0.05, 0.1) is 7.11 Å². The molecule has 0 amide bonds. The molecule has 1 aromatic rings. The fraction of sp³-hybridized carbons (Fsp3) is 0.625. The Bertz CT molecular complexity index is 438. The monoisotopic (exact) mass is 280 g/mol. The lowest BCUT2D eigenvalue weighted by atomic mass is 9.97. The zero-order valence-electron chi connectivity index (χ0n) is 12.7. The van der Waals surface area contributed by atoms with Crippen molar-refractivity contribution in [1.82, 2.24) is 10.2 Å². The SMILES string of the molecule is COc1cc(C(C)NCC2CCCN(C)C2)ccc1F. The zero-order chi connectivity index (χ0) is 14.5. The smallest absolute Gasteiger partial charge is 0.165 e. The molecule has 0 spiro atoms. The number of hydrogen-bond donors (Lipinski definition) is 1. The number of nitrogens with one attached hydrogen (secondary N) is 1. The Morgan fingerprint density at radius 2 is 2.30 bits per heavy atom. The number of ether oxygens (including phenoxy) is 1. The molecule has 0 bridgehead atoms. The number of piperidine rings is 1. The van der Waals surface area contributed by atoms with Crippen LogP contribution in [0.15, 0.2) is 18.2 Å². The minimum Gasteiger partial charge on any atom is -0.494 e. The van der Waals surface area contributed by atoms with Crippen LogP contribution in [0.2, 0.25) is 0 Å². The molecular formula is C16H25FN2O. The van der Waals surface area contributed by atoms with Gasteiger partial charge in [0.1, 0.15) is 0 Å². The summed E-state index contributed by atoms with van der Waals surface area (Å²) in [6, 6.07) is 5.28. The lowest BCUT2D eigenvalue weighted by molar-refractivity contribution is 0.203. The number of benzene rings is 1. The molecular weight excluding hydrogens is 255 g/mol. The van der Waals surface area contributed by atoms with E-state index >= 15 is 0 Å². The number of nitrogens with zero attached hydrogens (tertiary/aromatic N) is 1. The van der Waals surface area contributed by atoms with E-state index in [1.54, 1.807) is 6.07 Å². The molecule has 0 aromatic heterocycles. The van der Waals surface area contributed by atoms with Crippen molar-refractivity contribution in [2.75, 3.05) is 33.8 Å². The largest absolute Gasteiger partial charge is 0.494 e. The van der Waals surface area contributed by atoms with Gasteiger partial charge in [-0.2, -0.15) is 0 Å². The van der Waals surface area contributed by atoms with Gasteiger partial charge in [0.2, 0.25) is 0 Å². The Labute approximate surface area is 121 Å². The summed E-state index contributed by atoms with van der Waals surface area (Å²) in [4.78, 5) is 2.39. The van der Waals surface area contributed by atoms with Gasteiger partial charge in [0, 0.05) is 12.6 Å². The van der Waals surface area contributed by atoms with E-state index in [0.29, 0.717) is 11.7 Å². The first-order valence-electron chi connectivity index (χ1n) is 7.35. The number of likely N-dealkylation sites (tertiary alicyclic amines) is 1. The minimum atomic E-state index is -0.308. The van der Waals surface area contributed by atoms with E-state index in [4.69, 9.17) is 4.74 Å². The van der Waals surface area contributed by atoms with E-state index in [1.807, 2.05) is 6.07 Å². The van der Waals surface area contributed by atoms with Crippen LogP contribution in [0.1, 0.15) is 31.4 Å². The van der Waals surface area contributed by atoms with Gasteiger partial charge in [-0.25, -0.2) is 4.39 Å².